The summed E-state index contributed by atoms with van der Waals surface area (Å²) in [5.74, 6) is 0. The minimum atomic E-state index is 1.11. The van der Waals surface area contributed by atoms with Crippen molar-refractivity contribution in [3.05, 3.63) is 212 Å². The highest BCUT2D eigenvalue weighted by Gasteiger charge is 2.18. The maximum Gasteiger partial charge on any atom is 0.0540 e. The summed E-state index contributed by atoms with van der Waals surface area (Å²) < 4.78 is 0. The molecule has 264 valence electrons. The van der Waals surface area contributed by atoms with E-state index in [1.165, 1.54) is 97.7 Å². The van der Waals surface area contributed by atoms with Crippen LogP contribution in [0.2, 0.25) is 0 Å². The molecule has 0 spiro atoms. The van der Waals surface area contributed by atoms with Crippen LogP contribution in [0, 0.1) is 0 Å². The van der Waals surface area contributed by atoms with Crippen LogP contribution in [0.4, 0.5) is 17.1 Å². The Morgan fingerprint density at radius 1 is 0.228 bits per heavy atom. The van der Waals surface area contributed by atoms with Crippen LogP contribution in [0.15, 0.2) is 212 Å². The van der Waals surface area contributed by atoms with Crippen molar-refractivity contribution in [2.24, 2.45) is 0 Å². The zero-order valence-electron chi connectivity index (χ0n) is 31.2. The molecule has 1 heteroatoms. The first-order chi connectivity index (χ1) is 28.3. The Bertz CT molecular complexity index is 3480. The molecule has 0 radical (unpaired) electrons. The number of rotatable bonds is 5. The highest BCUT2D eigenvalue weighted by atomic mass is 15.1. The summed E-state index contributed by atoms with van der Waals surface area (Å²) >= 11 is 0. The summed E-state index contributed by atoms with van der Waals surface area (Å²) in [7, 11) is 0. The third kappa shape index (κ3) is 4.96. The van der Waals surface area contributed by atoms with Gasteiger partial charge in [0.15, 0.2) is 0 Å². The van der Waals surface area contributed by atoms with E-state index >= 15 is 0 Å². The number of nitrogens with zero attached hydrogens (tertiary/aromatic N) is 1. The van der Waals surface area contributed by atoms with Gasteiger partial charge in [-0.15, -0.1) is 0 Å². The van der Waals surface area contributed by atoms with Gasteiger partial charge in [-0.1, -0.05) is 170 Å². The van der Waals surface area contributed by atoms with Crippen molar-refractivity contribution >= 4 is 92.5 Å². The van der Waals surface area contributed by atoms with E-state index in [1.807, 2.05) is 0 Å². The number of benzene rings is 11. The Morgan fingerprint density at radius 2 is 0.649 bits per heavy atom. The maximum atomic E-state index is 2.44. The Hall–Kier alpha value is -7.48. The zero-order chi connectivity index (χ0) is 37.5. The molecule has 0 bridgehead atoms. The lowest BCUT2D eigenvalue weighted by Crippen LogP contribution is -2.10. The highest BCUT2D eigenvalue weighted by molar-refractivity contribution is 6.37. The van der Waals surface area contributed by atoms with Gasteiger partial charge in [0.05, 0.1) is 5.69 Å². The summed E-state index contributed by atoms with van der Waals surface area (Å²) in [6.45, 7) is 0. The Morgan fingerprint density at radius 3 is 1.26 bits per heavy atom. The van der Waals surface area contributed by atoms with Gasteiger partial charge in [-0.05, 0) is 135 Å². The largest absolute Gasteiger partial charge is 0.310 e. The van der Waals surface area contributed by atoms with E-state index in [-0.39, 0.29) is 0 Å². The quantitative estimate of drug-likeness (QED) is 0.160. The molecule has 0 unspecified atom stereocenters. The molecule has 0 amide bonds. The number of fused-ring (bicyclic) bond motifs is 3. The molecule has 0 heterocycles. The third-order valence-corrected chi connectivity index (χ3v) is 12.1. The third-order valence-electron chi connectivity index (χ3n) is 12.1. The van der Waals surface area contributed by atoms with Crippen LogP contribution in [0.1, 0.15) is 0 Å². The fraction of sp³-hybridized carbons (Fsp3) is 0. The van der Waals surface area contributed by atoms with Crippen molar-refractivity contribution in [3.8, 4) is 22.3 Å². The first-order valence-corrected chi connectivity index (χ1v) is 19.8. The van der Waals surface area contributed by atoms with Crippen molar-refractivity contribution in [2.45, 2.75) is 0 Å². The Kier molecular flexibility index (Phi) is 7.00. The van der Waals surface area contributed by atoms with Gasteiger partial charge in [0.2, 0.25) is 0 Å². The van der Waals surface area contributed by atoms with E-state index in [1.54, 1.807) is 0 Å². The molecule has 0 fully saturated rings. The predicted molar refractivity (Wildman–Crippen MR) is 246 cm³/mol. The Balaban J connectivity index is 1.07. The highest BCUT2D eigenvalue weighted by Crippen LogP contribution is 2.45. The molecule has 0 aliphatic rings. The summed E-state index contributed by atoms with van der Waals surface area (Å²) in [6.07, 6.45) is 0. The summed E-state index contributed by atoms with van der Waals surface area (Å²) in [4.78, 5) is 2.39. The molecule has 0 atom stereocenters. The van der Waals surface area contributed by atoms with Gasteiger partial charge in [-0.3, -0.25) is 0 Å². The molecule has 0 saturated heterocycles. The van der Waals surface area contributed by atoms with Crippen molar-refractivity contribution in [3.63, 3.8) is 0 Å². The van der Waals surface area contributed by atoms with Gasteiger partial charge < -0.3 is 4.90 Å². The van der Waals surface area contributed by atoms with Crippen molar-refractivity contribution < 1.29 is 0 Å². The molecule has 12 aromatic rings. The van der Waals surface area contributed by atoms with Crippen LogP contribution in [0.5, 0.6) is 0 Å². The van der Waals surface area contributed by atoms with E-state index in [9.17, 15) is 0 Å². The molecule has 0 aliphatic carbocycles. The topological polar surface area (TPSA) is 3.24 Å². The van der Waals surface area contributed by atoms with Gasteiger partial charge in [-0.2, -0.15) is 0 Å². The van der Waals surface area contributed by atoms with Gasteiger partial charge >= 0.3 is 0 Å². The zero-order valence-corrected chi connectivity index (χ0v) is 31.2. The second-order valence-corrected chi connectivity index (χ2v) is 15.3. The fourth-order valence-corrected chi connectivity index (χ4v) is 9.52. The van der Waals surface area contributed by atoms with Crippen molar-refractivity contribution in [2.75, 3.05) is 4.90 Å². The summed E-state index contributed by atoms with van der Waals surface area (Å²) in [6, 6.07) is 78.4. The molecule has 0 aliphatic heterocycles. The average molecular weight is 722 g/mol. The van der Waals surface area contributed by atoms with Gasteiger partial charge in [0.25, 0.3) is 0 Å². The molecule has 12 rings (SSSR count). The van der Waals surface area contributed by atoms with Crippen LogP contribution in [0.25, 0.3) is 97.7 Å². The van der Waals surface area contributed by atoms with Crippen molar-refractivity contribution in [1.29, 1.82) is 0 Å². The smallest absolute Gasteiger partial charge is 0.0540 e. The molecule has 0 aromatic heterocycles. The fourth-order valence-electron chi connectivity index (χ4n) is 9.52. The second-order valence-electron chi connectivity index (χ2n) is 15.3. The lowest BCUT2D eigenvalue weighted by Gasteiger charge is -2.27. The lowest BCUT2D eigenvalue weighted by atomic mass is 9.86. The van der Waals surface area contributed by atoms with E-state index in [2.05, 4.69) is 217 Å². The molecule has 0 N–H and O–H groups in total. The van der Waals surface area contributed by atoms with E-state index in [0.717, 1.165) is 17.1 Å². The minimum Gasteiger partial charge on any atom is -0.310 e. The number of hydrogen-bond donors (Lipinski definition) is 0. The normalized spacial score (nSPS) is 11.9. The van der Waals surface area contributed by atoms with Crippen LogP contribution in [-0.2, 0) is 0 Å². The Labute approximate surface area is 330 Å². The van der Waals surface area contributed by atoms with Crippen LogP contribution in [0.3, 0.4) is 0 Å². The molecule has 57 heavy (non-hydrogen) atoms. The number of hydrogen-bond acceptors (Lipinski definition) is 1. The van der Waals surface area contributed by atoms with Crippen LogP contribution in [-0.4, -0.2) is 0 Å². The molecule has 1 nitrogen and oxygen atoms in total. The average Bonchev–Trinajstić information content (AvgIpc) is 3.28. The first kappa shape index (κ1) is 31.8. The maximum absolute atomic E-state index is 2.44. The summed E-state index contributed by atoms with van der Waals surface area (Å²) in [5.41, 5.74) is 8.20. The van der Waals surface area contributed by atoms with Crippen molar-refractivity contribution in [1.82, 2.24) is 0 Å². The minimum absolute atomic E-state index is 1.11. The van der Waals surface area contributed by atoms with E-state index in [0.29, 0.717) is 0 Å². The first-order valence-electron chi connectivity index (χ1n) is 19.8. The van der Waals surface area contributed by atoms with E-state index < -0.39 is 0 Å². The lowest BCUT2D eigenvalue weighted by molar-refractivity contribution is 1.30. The van der Waals surface area contributed by atoms with Crippen LogP contribution >= 0.6 is 0 Å². The van der Waals surface area contributed by atoms with E-state index in [4.69, 9.17) is 0 Å². The standard InChI is InChI=1S/C56H35N/c1-2-10-36(11-3-1)37-26-30-45(31-27-37)57(52-21-9-13-39-12-4-5-17-47(39)52)46-32-28-38(29-33-46)44-34-43-25-24-42-15-7-19-49-48-18-6-14-40-22-23-41-16-8-20-50(55(41)53(40)48)51(35-44)56(43)54(42)49/h1-35H. The molecule has 0 saturated carbocycles. The van der Waals surface area contributed by atoms with Gasteiger partial charge in [0.1, 0.15) is 0 Å². The molecular weight excluding hydrogens is 687 g/mol. The monoisotopic (exact) mass is 721 g/mol. The summed E-state index contributed by atoms with van der Waals surface area (Å²) in [5, 5.41) is 18.0. The van der Waals surface area contributed by atoms with Crippen LogP contribution < -0.4 is 4.90 Å². The molecular formula is C56H35N. The SMILES string of the molecule is c1ccc(-c2ccc(N(c3ccc(-c4cc5ccc6cccc7c8cccc9ccc%10cccc(c(c4)c5c67)c%10c98)cc3)c3cccc4ccccc34)cc2)cc1. The van der Waals surface area contributed by atoms with Gasteiger partial charge in [0, 0.05) is 16.8 Å². The molecule has 12 aromatic carbocycles. The predicted octanol–water partition coefficient (Wildman–Crippen LogP) is 16.0. The number of anilines is 3. The van der Waals surface area contributed by atoms with Gasteiger partial charge in [-0.25, -0.2) is 0 Å². The second kappa shape index (κ2) is 12.5.